The van der Waals surface area contributed by atoms with Crippen molar-refractivity contribution in [3.8, 4) is 0 Å². The predicted octanol–water partition coefficient (Wildman–Crippen LogP) is 2.73. The molecule has 13 heteroatoms. The van der Waals surface area contributed by atoms with Gasteiger partial charge in [0.25, 0.3) is 0 Å². The second-order valence-corrected chi connectivity index (χ2v) is 4.84. The number of rotatable bonds is 5. The summed E-state index contributed by atoms with van der Waals surface area (Å²) >= 11 is 0. The van der Waals surface area contributed by atoms with Crippen molar-refractivity contribution < 1.29 is 52.5 Å². The molecule has 0 bridgehead atoms. The Morgan fingerprint density at radius 2 is 1.21 bits per heavy atom. The van der Waals surface area contributed by atoms with E-state index in [1.807, 2.05) is 0 Å². The SMILES string of the molecule is CC(F)C(F)(F)C(F)(F)C(F)(F)C(F)(F)S(=O)(=O)O. The van der Waals surface area contributed by atoms with E-state index in [0.29, 0.717) is 0 Å². The Bertz CT molecular complexity index is 441. The first-order chi connectivity index (χ1) is 7.94. The number of hydrogen-bond acceptors (Lipinski definition) is 2. The predicted molar refractivity (Wildman–Crippen MR) is 41.9 cm³/mol. The van der Waals surface area contributed by atoms with Gasteiger partial charge in [-0.05, 0) is 6.92 Å². The Morgan fingerprint density at radius 3 is 1.42 bits per heavy atom. The first-order valence-electron chi connectivity index (χ1n) is 4.07. The molecule has 0 aliphatic carbocycles. The first kappa shape index (κ1) is 18.3. The van der Waals surface area contributed by atoms with Crippen LogP contribution in [0, 0.1) is 0 Å². The monoisotopic (exact) mass is 328 g/mol. The zero-order valence-electron chi connectivity index (χ0n) is 8.65. The third-order valence-electron chi connectivity index (χ3n) is 2.00. The van der Waals surface area contributed by atoms with Gasteiger partial charge in [0.15, 0.2) is 6.17 Å². The fraction of sp³-hybridized carbons (Fsp3) is 1.00. The van der Waals surface area contributed by atoms with Crippen LogP contribution in [0.5, 0.6) is 0 Å². The molecule has 0 radical (unpaired) electrons. The van der Waals surface area contributed by atoms with Gasteiger partial charge in [0, 0.05) is 0 Å². The van der Waals surface area contributed by atoms with Crippen LogP contribution >= 0.6 is 0 Å². The molecule has 0 spiro atoms. The summed E-state index contributed by atoms with van der Waals surface area (Å²) in [4.78, 5) is 0. The fourth-order valence-corrected chi connectivity index (χ4v) is 1.26. The summed E-state index contributed by atoms with van der Waals surface area (Å²) in [6.07, 6.45) is -3.99. The van der Waals surface area contributed by atoms with Gasteiger partial charge < -0.3 is 0 Å². The molecule has 3 nitrogen and oxygen atoms in total. The molecule has 0 aliphatic rings. The molecule has 1 unspecified atom stereocenters. The van der Waals surface area contributed by atoms with E-state index in [2.05, 4.69) is 0 Å². The Hall–Kier alpha value is -0.720. The van der Waals surface area contributed by atoms with Gasteiger partial charge in [0.1, 0.15) is 0 Å². The maximum absolute atomic E-state index is 12.7. The molecule has 0 saturated heterocycles. The Balaban J connectivity index is 6.07. The standard InChI is InChI=1S/C6H5F9O3S/c1-2(7)3(8,9)4(10,11)5(12,13)6(14,15)19(16,17)18/h2H,1H3,(H,16,17,18). The molecular formula is C6H5F9O3S. The van der Waals surface area contributed by atoms with Crippen LogP contribution in [0.15, 0.2) is 0 Å². The molecular weight excluding hydrogens is 323 g/mol. The van der Waals surface area contributed by atoms with E-state index in [0.717, 1.165) is 0 Å². The van der Waals surface area contributed by atoms with Crippen molar-refractivity contribution in [1.82, 2.24) is 0 Å². The van der Waals surface area contributed by atoms with Crippen LogP contribution in [0.3, 0.4) is 0 Å². The van der Waals surface area contributed by atoms with Crippen LogP contribution in [0.4, 0.5) is 39.5 Å². The van der Waals surface area contributed by atoms with Gasteiger partial charge in [-0.2, -0.15) is 43.5 Å². The second-order valence-electron chi connectivity index (χ2n) is 3.38. The highest BCUT2D eigenvalue weighted by molar-refractivity contribution is 7.87. The highest BCUT2D eigenvalue weighted by Crippen LogP contribution is 2.55. The Labute approximate surface area is 99.7 Å². The van der Waals surface area contributed by atoms with Crippen LogP contribution in [-0.4, -0.2) is 42.2 Å². The van der Waals surface area contributed by atoms with E-state index in [-0.39, 0.29) is 6.92 Å². The lowest BCUT2D eigenvalue weighted by Crippen LogP contribution is -2.66. The Morgan fingerprint density at radius 1 is 0.895 bits per heavy atom. The summed E-state index contributed by atoms with van der Waals surface area (Å²) in [5, 5.41) is -6.94. The topological polar surface area (TPSA) is 54.4 Å². The van der Waals surface area contributed by atoms with E-state index in [9.17, 15) is 47.9 Å². The van der Waals surface area contributed by atoms with E-state index in [4.69, 9.17) is 4.55 Å². The zero-order chi connectivity index (χ0) is 16.1. The summed E-state index contributed by atoms with van der Waals surface area (Å²) in [6, 6.07) is 0. The molecule has 0 rings (SSSR count). The van der Waals surface area contributed by atoms with Crippen molar-refractivity contribution in [3.05, 3.63) is 0 Å². The zero-order valence-corrected chi connectivity index (χ0v) is 9.47. The molecule has 0 amide bonds. The number of halogens is 9. The molecule has 0 fully saturated rings. The highest BCUT2D eigenvalue weighted by atomic mass is 32.2. The molecule has 0 aromatic rings. The largest absolute Gasteiger partial charge is 0.438 e. The van der Waals surface area contributed by atoms with Crippen LogP contribution in [0.1, 0.15) is 6.92 Å². The van der Waals surface area contributed by atoms with Gasteiger partial charge in [-0.15, -0.1) is 0 Å². The molecule has 0 aromatic heterocycles. The van der Waals surface area contributed by atoms with Crippen molar-refractivity contribution in [3.63, 3.8) is 0 Å². The summed E-state index contributed by atoms with van der Waals surface area (Å²) in [5.41, 5.74) is 0. The minimum absolute atomic E-state index is 0.324. The summed E-state index contributed by atoms with van der Waals surface area (Å²) in [7, 11) is -7.15. The average molecular weight is 328 g/mol. The van der Waals surface area contributed by atoms with Crippen molar-refractivity contribution >= 4 is 10.1 Å². The van der Waals surface area contributed by atoms with Gasteiger partial charge >= 0.3 is 33.1 Å². The van der Waals surface area contributed by atoms with E-state index in [1.54, 1.807) is 0 Å². The number of alkyl halides is 9. The third kappa shape index (κ3) is 2.37. The van der Waals surface area contributed by atoms with E-state index in [1.165, 1.54) is 0 Å². The minimum Gasteiger partial charge on any atom is -0.281 e. The summed E-state index contributed by atoms with van der Waals surface area (Å²) in [6.45, 7) is -0.324. The molecule has 0 aliphatic heterocycles. The number of hydrogen-bond donors (Lipinski definition) is 1. The van der Waals surface area contributed by atoms with Crippen molar-refractivity contribution in [2.24, 2.45) is 0 Å². The molecule has 0 aromatic carbocycles. The molecule has 0 saturated carbocycles. The second kappa shape index (κ2) is 4.40. The van der Waals surface area contributed by atoms with Crippen LogP contribution in [-0.2, 0) is 10.1 Å². The highest BCUT2D eigenvalue weighted by Gasteiger charge is 2.85. The quantitative estimate of drug-likeness (QED) is 0.624. The van der Waals surface area contributed by atoms with Crippen molar-refractivity contribution in [2.75, 3.05) is 0 Å². The smallest absolute Gasteiger partial charge is 0.281 e. The van der Waals surface area contributed by atoms with Crippen molar-refractivity contribution in [1.29, 1.82) is 0 Å². The van der Waals surface area contributed by atoms with Gasteiger partial charge in [-0.3, -0.25) is 4.55 Å². The van der Waals surface area contributed by atoms with Gasteiger partial charge in [-0.25, -0.2) is 4.39 Å². The van der Waals surface area contributed by atoms with Crippen LogP contribution < -0.4 is 0 Å². The van der Waals surface area contributed by atoms with E-state index < -0.39 is 39.3 Å². The lowest BCUT2D eigenvalue weighted by atomic mass is 10.0. The summed E-state index contributed by atoms with van der Waals surface area (Å²) < 4.78 is 140. The third-order valence-corrected chi connectivity index (χ3v) is 2.91. The summed E-state index contributed by atoms with van der Waals surface area (Å²) in [5.74, 6) is -20.6. The molecule has 1 N–H and O–H groups in total. The maximum Gasteiger partial charge on any atom is 0.438 e. The molecule has 1 atom stereocenters. The van der Waals surface area contributed by atoms with Crippen molar-refractivity contribution in [2.45, 2.75) is 36.1 Å². The van der Waals surface area contributed by atoms with Crippen LogP contribution in [0.25, 0.3) is 0 Å². The van der Waals surface area contributed by atoms with Gasteiger partial charge in [0.2, 0.25) is 0 Å². The lowest BCUT2D eigenvalue weighted by molar-refractivity contribution is -0.358. The average Bonchev–Trinajstić information content (AvgIpc) is 2.14. The normalized spacial score (nSPS) is 17.4. The maximum atomic E-state index is 12.7. The van der Waals surface area contributed by atoms with E-state index >= 15 is 0 Å². The Kier molecular flexibility index (Phi) is 4.23. The molecule has 19 heavy (non-hydrogen) atoms. The lowest BCUT2D eigenvalue weighted by Gasteiger charge is -2.35. The molecule has 0 heterocycles. The van der Waals surface area contributed by atoms with Gasteiger partial charge in [0.05, 0.1) is 0 Å². The fourth-order valence-electron chi connectivity index (χ4n) is 0.804. The molecule has 116 valence electrons. The van der Waals surface area contributed by atoms with Crippen LogP contribution in [0.2, 0.25) is 0 Å². The van der Waals surface area contributed by atoms with Gasteiger partial charge in [-0.1, -0.05) is 0 Å². The minimum atomic E-state index is -7.25. The first-order valence-corrected chi connectivity index (χ1v) is 5.51.